The van der Waals surface area contributed by atoms with Crippen LogP contribution >= 0.6 is 15.9 Å². The van der Waals surface area contributed by atoms with E-state index in [9.17, 15) is 9.59 Å². The zero-order chi connectivity index (χ0) is 16.8. The lowest BCUT2D eigenvalue weighted by molar-refractivity contribution is -0.114. The van der Waals surface area contributed by atoms with Gasteiger partial charge in [0.1, 0.15) is 0 Å². The van der Waals surface area contributed by atoms with Gasteiger partial charge in [-0.05, 0) is 48.4 Å². The highest BCUT2D eigenvalue weighted by Gasteiger charge is 2.04. The fourth-order valence-electron chi connectivity index (χ4n) is 2.04. The van der Waals surface area contributed by atoms with Gasteiger partial charge >= 0.3 is 6.03 Å². The van der Waals surface area contributed by atoms with Gasteiger partial charge in [-0.2, -0.15) is 0 Å². The Bertz CT molecular complexity index is 732. The third-order valence-electron chi connectivity index (χ3n) is 3.12. The summed E-state index contributed by atoms with van der Waals surface area (Å²) < 4.78 is 0.998. The van der Waals surface area contributed by atoms with Crippen LogP contribution in [0.2, 0.25) is 0 Å². The molecule has 2 rings (SSSR count). The second-order valence-corrected chi connectivity index (χ2v) is 6.01. The smallest absolute Gasteiger partial charge is 0.319 e. The molecule has 0 aliphatic rings. The first-order valence-corrected chi connectivity index (χ1v) is 7.91. The van der Waals surface area contributed by atoms with E-state index in [1.807, 2.05) is 43.3 Å². The number of rotatable bonds is 4. The van der Waals surface area contributed by atoms with Gasteiger partial charge in [0.25, 0.3) is 0 Å². The van der Waals surface area contributed by atoms with Crippen molar-refractivity contribution in [1.82, 2.24) is 5.32 Å². The van der Waals surface area contributed by atoms with Crippen molar-refractivity contribution in [3.8, 4) is 0 Å². The van der Waals surface area contributed by atoms with Gasteiger partial charge in [0.05, 0.1) is 0 Å². The molecule has 0 heterocycles. The molecule has 0 spiro atoms. The van der Waals surface area contributed by atoms with Gasteiger partial charge in [-0.3, -0.25) is 4.79 Å². The maximum Gasteiger partial charge on any atom is 0.319 e. The van der Waals surface area contributed by atoms with E-state index in [4.69, 9.17) is 0 Å². The fraction of sp³-hybridized carbons (Fsp3) is 0.176. The third kappa shape index (κ3) is 5.41. The highest BCUT2D eigenvalue weighted by atomic mass is 79.9. The molecule has 0 saturated carbocycles. The molecule has 2 aromatic rings. The van der Waals surface area contributed by atoms with Gasteiger partial charge in [-0.15, -0.1) is 0 Å². The summed E-state index contributed by atoms with van der Waals surface area (Å²) in [4.78, 5) is 23.0. The quantitative estimate of drug-likeness (QED) is 0.754. The first-order valence-electron chi connectivity index (χ1n) is 7.11. The van der Waals surface area contributed by atoms with Gasteiger partial charge < -0.3 is 16.0 Å². The van der Waals surface area contributed by atoms with E-state index in [0.29, 0.717) is 12.2 Å². The number of hydrogen-bond acceptors (Lipinski definition) is 2. The molecule has 0 bridgehead atoms. The monoisotopic (exact) mass is 375 g/mol. The van der Waals surface area contributed by atoms with E-state index < -0.39 is 0 Å². The number of hydrogen-bond donors (Lipinski definition) is 3. The fourth-order valence-corrected chi connectivity index (χ4v) is 2.29. The largest absolute Gasteiger partial charge is 0.334 e. The average molecular weight is 376 g/mol. The van der Waals surface area contributed by atoms with Crippen LogP contribution in [0.25, 0.3) is 0 Å². The molecule has 6 heteroatoms. The SMILES string of the molecule is CC(=O)Nc1cccc(CNC(=O)Nc2ccc(Br)c(C)c2)c1. The molecule has 0 atom stereocenters. The molecular formula is C17H18BrN3O2. The molecule has 0 aliphatic heterocycles. The van der Waals surface area contributed by atoms with Crippen molar-refractivity contribution in [3.63, 3.8) is 0 Å². The van der Waals surface area contributed by atoms with Crippen molar-refractivity contribution in [3.05, 3.63) is 58.1 Å². The molecule has 3 amide bonds. The van der Waals surface area contributed by atoms with Crippen molar-refractivity contribution < 1.29 is 9.59 Å². The molecule has 0 unspecified atom stereocenters. The van der Waals surface area contributed by atoms with Crippen LogP contribution in [0.1, 0.15) is 18.1 Å². The summed E-state index contributed by atoms with van der Waals surface area (Å²) in [6, 6.07) is 12.7. The lowest BCUT2D eigenvalue weighted by atomic mass is 10.2. The number of urea groups is 1. The molecule has 0 radical (unpaired) electrons. The van der Waals surface area contributed by atoms with Gasteiger partial charge in [-0.25, -0.2) is 4.79 Å². The van der Waals surface area contributed by atoms with Crippen LogP contribution in [0, 0.1) is 6.92 Å². The van der Waals surface area contributed by atoms with Crippen molar-refractivity contribution >= 4 is 39.2 Å². The highest BCUT2D eigenvalue weighted by Crippen LogP contribution is 2.19. The standard InChI is InChI=1S/C17H18BrN3O2/c1-11-8-15(6-7-16(11)18)21-17(23)19-10-13-4-3-5-14(9-13)20-12(2)22/h3-9H,10H2,1-2H3,(H,20,22)(H2,19,21,23). The third-order valence-corrected chi connectivity index (χ3v) is 4.01. The molecule has 23 heavy (non-hydrogen) atoms. The lowest BCUT2D eigenvalue weighted by Crippen LogP contribution is -2.28. The van der Waals surface area contributed by atoms with Crippen molar-refractivity contribution in [2.45, 2.75) is 20.4 Å². The van der Waals surface area contributed by atoms with Crippen molar-refractivity contribution in [1.29, 1.82) is 0 Å². The summed E-state index contributed by atoms with van der Waals surface area (Å²) in [5.41, 5.74) is 3.39. The summed E-state index contributed by atoms with van der Waals surface area (Å²) in [6.45, 7) is 3.79. The van der Waals surface area contributed by atoms with E-state index in [1.165, 1.54) is 6.92 Å². The normalized spacial score (nSPS) is 10.0. The second-order valence-electron chi connectivity index (χ2n) is 5.15. The van der Waals surface area contributed by atoms with E-state index in [2.05, 4.69) is 31.9 Å². The molecular weight excluding hydrogens is 358 g/mol. The molecule has 5 nitrogen and oxygen atoms in total. The predicted octanol–water partition coefficient (Wildman–Crippen LogP) is 4.04. The van der Waals surface area contributed by atoms with Crippen LogP contribution in [-0.4, -0.2) is 11.9 Å². The molecule has 0 aromatic heterocycles. The lowest BCUT2D eigenvalue weighted by Gasteiger charge is -2.10. The summed E-state index contributed by atoms with van der Waals surface area (Å²) in [7, 11) is 0. The van der Waals surface area contributed by atoms with E-state index >= 15 is 0 Å². The first kappa shape index (κ1) is 17.0. The Morgan fingerprint density at radius 2 is 1.78 bits per heavy atom. The molecule has 3 N–H and O–H groups in total. The van der Waals surface area contributed by atoms with Gasteiger partial charge in [0.15, 0.2) is 0 Å². The summed E-state index contributed by atoms with van der Waals surface area (Å²) in [6.07, 6.45) is 0. The number of aryl methyl sites for hydroxylation is 1. The summed E-state index contributed by atoms with van der Waals surface area (Å²) in [5.74, 6) is -0.126. The Balaban J connectivity index is 1.91. The number of anilines is 2. The summed E-state index contributed by atoms with van der Waals surface area (Å²) in [5, 5.41) is 8.29. The summed E-state index contributed by atoms with van der Waals surface area (Å²) >= 11 is 3.42. The minimum Gasteiger partial charge on any atom is -0.334 e. The topological polar surface area (TPSA) is 70.2 Å². The molecule has 120 valence electrons. The van der Waals surface area contributed by atoms with E-state index in [0.717, 1.165) is 21.3 Å². The highest BCUT2D eigenvalue weighted by molar-refractivity contribution is 9.10. The zero-order valence-electron chi connectivity index (χ0n) is 12.9. The Labute approximate surface area is 143 Å². The van der Waals surface area contributed by atoms with Gasteiger partial charge in [-0.1, -0.05) is 28.1 Å². The van der Waals surface area contributed by atoms with Crippen LogP contribution in [0.5, 0.6) is 0 Å². The van der Waals surface area contributed by atoms with Crippen LogP contribution in [0.4, 0.5) is 16.2 Å². The van der Waals surface area contributed by atoms with Crippen molar-refractivity contribution in [2.24, 2.45) is 0 Å². The minimum atomic E-state index is -0.281. The maximum absolute atomic E-state index is 11.9. The van der Waals surface area contributed by atoms with Crippen LogP contribution < -0.4 is 16.0 Å². The number of nitrogens with one attached hydrogen (secondary N) is 3. The maximum atomic E-state index is 11.9. The van der Waals surface area contributed by atoms with Crippen LogP contribution in [0.15, 0.2) is 46.9 Å². The Kier molecular flexibility index (Phi) is 5.76. The van der Waals surface area contributed by atoms with Gasteiger partial charge in [0, 0.05) is 29.3 Å². The second kappa shape index (κ2) is 7.78. The van der Waals surface area contributed by atoms with Crippen molar-refractivity contribution in [2.75, 3.05) is 10.6 Å². The minimum absolute atomic E-state index is 0.126. The number of carbonyl (C=O) groups excluding carboxylic acids is 2. The van der Waals surface area contributed by atoms with E-state index in [1.54, 1.807) is 6.07 Å². The number of benzene rings is 2. The Morgan fingerprint density at radius 1 is 1.04 bits per heavy atom. The first-order chi connectivity index (χ1) is 10.9. The molecule has 0 fully saturated rings. The molecule has 0 aliphatic carbocycles. The Hall–Kier alpha value is -2.34. The Morgan fingerprint density at radius 3 is 2.48 bits per heavy atom. The predicted molar refractivity (Wildman–Crippen MR) is 95.5 cm³/mol. The number of carbonyl (C=O) groups is 2. The average Bonchev–Trinajstić information content (AvgIpc) is 2.49. The molecule has 0 saturated heterocycles. The van der Waals surface area contributed by atoms with E-state index in [-0.39, 0.29) is 11.9 Å². The molecule has 2 aromatic carbocycles. The number of amides is 3. The van der Waals surface area contributed by atoms with Crippen LogP contribution in [-0.2, 0) is 11.3 Å². The van der Waals surface area contributed by atoms with Crippen LogP contribution in [0.3, 0.4) is 0 Å². The number of halogens is 1. The van der Waals surface area contributed by atoms with Gasteiger partial charge in [0.2, 0.25) is 5.91 Å². The zero-order valence-corrected chi connectivity index (χ0v) is 14.5.